The first-order valence-electron chi connectivity index (χ1n) is 12.6. The summed E-state index contributed by atoms with van der Waals surface area (Å²) in [6, 6.07) is 22.9. The van der Waals surface area contributed by atoms with Crippen LogP contribution in [0.25, 0.3) is 0 Å². The number of hydrogen-bond acceptors (Lipinski definition) is 3. The summed E-state index contributed by atoms with van der Waals surface area (Å²) in [5, 5.41) is 3.18. The number of halogens is 1. The molecule has 1 aliphatic rings. The SMILES string of the molecule is Cc1ccccc1CN(C(=O)COc1ccccc1F)[C@@H](Cc1ccccc1)C(=O)NC1CCCC1. The molecular weight excluding hydrogens is 455 g/mol. The van der Waals surface area contributed by atoms with Crippen LogP contribution in [-0.2, 0) is 22.6 Å². The van der Waals surface area contributed by atoms with Gasteiger partial charge in [0, 0.05) is 19.0 Å². The second-order valence-electron chi connectivity index (χ2n) is 9.36. The van der Waals surface area contributed by atoms with Crippen molar-refractivity contribution in [1.29, 1.82) is 0 Å². The largest absolute Gasteiger partial charge is 0.481 e. The predicted octanol–water partition coefficient (Wildman–Crippen LogP) is 5.21. The van der Waals surface area contributed by atoms with Crippen molar-refractivity contribution in [3.05, 3.63) is 101 Å². The lowest BCUT2D eigenvalue weighted by atomic mass is 10.0. The minimum Gasteiger partial charge on any atom is -0.481 e. The zero-order valence-corrected chi connectivity index (χ0v) is 20.7. The van der Waals surface area contributed by atoms with Crippen molar-refractivity contribution in [2.24, 2.45) is 0 Å². The molecule has 1 aliphatic carbocycles. The Morgan fingerprint density at radius 1 is 0.972 bits per heavy atom. The van der Waals surface area contributed by atoms with Crippen molar-refractivity contribution in [2.45, 2.75) is 57.7 Å². The van der Waals surface area contributed by atoms with Crippen LogP contribution in [0.5, 0.6) is 5.75 Å². The van der Waals surface area contributed by atoms with E-state index in [0.29, 0.717) is 6.42 Å². The standard InChI is InChI=1S/C30H33FN2O3/c1-22-11-5-6-14-24(22)20-33(29(34)21-36-28-18-10-9-17-26(28)31)27(19-23-12-3-2-4-13-23)30(35)32-25-15-7-8-16-25/h2-6,9-14,17-18,25,27H,7-8,15-16,19-21H2,1H3,(H,32,35)/t27-/m0/s1. The lowest BCUT2D eigenvalue weighted by molar-refractivity contribution is -0.143. The van der Waals surface area contributed by atoms with Crippen LogP contribution in [0.2, 0.25) is 0 Å². The summed E-state index contributed by atoms with van der Waals surface area (Å²) in [7, 11) is 0. The first-order valence-corrected chi connectivity index (χ1v) is 12.6. The number of nitrogens with one attached hydrogen (secondary N) is 1. The number of rotatable bonds is 10. The van der Waals surface area contributed by atoms with Gasteiger partial charge in [-0.15, -0.1) is 0 Å². The average Bonchev–Trinajstić information content (AvgIpc) is 3.40. The highest BCUT2D eigenvalue weighted by atomic mass is 19.1. The summed E-state index contributed by atoms with van der Waals surface area (Å²) in [5.41, 5.74) is 2.94. The highest BCUT2D eigenvalue weighted by Gasteiger charge is 2.32. The van der Waals surface area contributed by atoms with Crippen LogP contribution < -0.4 is 10.1 Å². The molecule has 0 radical (unpaired) electrons. The summed E-state index contributed by atoms with van der Waals surface area (Å²) in [5.74, 6) is -1.06. The molecule has 2 amide bonds. The first-order chi connectivity index (χ1) is 17.5. The molecule has 0 bridgehead atoms. The Balaban J connectivity index is 1.63. The fourth-order valence-corrected chi connectivity index (χ4v) is 4.68. The van der Waals surface area contributed by atoms with Crippen LogP contribution in [0, 0.1) is 12.7 Å². The van der Waals surface area contributed by atoms with Crippen LogP contribution in [0.4, 0.5) is 4.39 Å². The number of aryl methyl sites for hydroxylation is 1. The number of carbonyl (C=O) groups is 2. The number of benzene rings is 3. The lowest BCUT2D eigenvalue weighted by Gasteiger charge is -2.32. The van der Waals surface area contributed by atoms with E-state index in [4.69, 9.17) is 4.74 Å². The number of para-hydroxylation sites is 1. The maximum absolute atomic E-state index is 14.1. The van der Waals surface area contributed by atoms with Crippen molar-refractivity contribution < 1.29 is 18.7 Å². The second kappa shape index (κ2) is 12.3. The molecule has 1 atom stereocenters. The van der Waals surface area contributed by atoms with Crippen molar-refractivity contribution in [3.8, 4) is 5.75 Å². The molecule has 0 spiro atoms. The van der Waals surface area contributed by atoms with Gasteiger partial charge < -0.3 is 15.0 Å². The Morgan fingerprint density at radius 2 is 1.64 bits per heavy atom. The third-order valence-corrected chi connectivity index (χ3v) is 6.76. The van der Waals surface area contributed by atoms with Gasteiger partial charge in [-0.2, -0.15) is 0 Å². The molecule has 3 aromatic carbocycles. The molecule has 36 heavy (non-hydrogen) atoms. The van der Waals surface area contributed by atoms with E-state index in [0.717, 1.165) is 42.4 Å². The van der Waals surface area contributed by atoms with E-state index in [1.54, 1.807) is 17.0 Å². The second-order valence-corrected chi connectivity index (χ2v) is 9.36. The van der Waals surface area contributed by atoms with E-state index in [2.05, 4.69) is 5.32 Å². The fraction of sp³-hybridized carbons (Fsp3) is 0.333. The van der Waals surface area contributed by atoms with Crippen molar-refractivity contribution in [2.75, 3.05) is 6.61 Å². The average molecular weight is 489 g/mol. The molecule has 188 valence electrons. The number of nitrogens with zero attached hydrogens (tertiary/aromatic N) is 1. The zero-order chi connectivity index (χ0) is 25.3. The minimum absolute atomic E-state index is 0.0108. The van der Waals surface area contributed by atoms with Gasteiger partial charge in [0.25, 0.3) is 5.91 Å². The summed E-state index contributed by atoms with van der Waals surface area (Å²) in [6.45, 7) is 1.87. The van der Waals surface area contributed by atoms with Crippen LogP contribution in [0.3, 0.4) is 0 Å². The third kappa shape index (κ3) is 6.72. The maximum atomic E-state index is 14.1. The highest BCUT2D eigenvalue weighted by molar-refractivity contribution is 5.88. The van der Waals surface area contributed by atoms with E-state index < -0.39 is 11.9 Å². The van der Waals surface area contributed by atoms with Gasteiger partial charge in [0.15, 0.2) is 18.2 Å². The van der Waals surface area contributed by atoms with Gasteiger partial charge in [-0.25, -0.2) is 4.39 Å². The summed E-state index contributed by atoms with van der Waals surface area (Å²) < 4.78 is 19.7. The normalized spacial score (nSPS) is 14.3. The molecule has 6 heteroatoms. The number of hydrogen-bond donors (Lipinski definition) is 1. The van der Waals surface area contributed by atoms with Crippen LogP contribution >= 0.6 is 0 Å². The number of amides is 2. The number of ether oxygens (including phenoxy) is 1. The quantitative estimate of drug-likeness (QED) is 0.426. The molecule has 3 aromatic rings. The molecule has 4 rings (SSSR count). The van der Waals surface area contributed by atoms with Crippen LogP contribution in [-0.4, -0.2) is 35.4 Å². The van der Waals surface area contributed by atoms with Crippen LogP contribution in [0.15, 0.2) is 78.9 Å². The molecule has 1 saturated carbocycles. The molecule has 0 heterocycles. The Kier molecular flexibility index (Phi) is 8.71. The maximum Gasteiger partial charge on any atom is 0.261 e. The van der Waals surface area contributed by atoms with Gasteiger partial charge >= 0.3 is 0 Å². The Labute approximate surface area is 212 Å². The predicted molar refractivity (Wildman–Crippen MR) is 138 cm³/mol. The molecular formula is C30H33FN2O3. The van der Waals surface area contributed by atoms with E-state index in [1.807, 2.05) is 61.5 Å². The molecule has 0 aliphatic heterocycles. The van der Waals surface area contributed by atoms with E-state index >= 15 is 0 Å². The molecule has 0 saturated heterocycles. The van der Waals surface area contributed by atoms with Crippen molar-refractivity contribution >= 4 is 11.8 Å². The molecule has 0 unspecified atom stereocenters. The molecule has 0 aromatic heterocycles. The van der Waals surface area contributed by atoms with Gasteiger partial charge in [-0.1, -0.05) is 79.6 Å². The Morgan fingerprint density at radius 3 is 2.36 bits per heavy atom. The summed E-state index contributed by atoms with van der Waals surface area (Å²) >= 11 is 0. The van der Waals surface area contributed by atoms with Gasteiger partial charge in [0.05, 0.1) is 0 Å². The van der Waals surface area contributed by atoms with E-state index in [1.165, 1.54) is 12.1 Å². The molecule has 1 fully saturated rings. The van der Waals surface area contributed by atoms with Gasteiger partial charge in [0.2, 0.25) is 5.91 Å². The first kappa shape index (κ1) is 25.4. The van der Waals surface area contributed by atoms with Gasteiger partial charge in [-0.3, -0.25) is 9.59 Å². The van der Waals surface area contributed by atoms with Gasteiger partial charge in [0.1, 0.15) is 6.04 Å². The topological polar surface area (TPSA) is 58.6 Å². The Hall–Kier alpha value is -3.67. The summed E-state index contributed by atoms with van der Waals surface area (Å²) in [6.07, 6.45) is 4.46. The summed E-state index contributed by atoms with van der Waals surface area (Å²) in [4.78, 5) is 28.8. The third-order valence-electron chi connectivity index (χ3n) is 6.76. The smallest absolute Gasteiger partial charge is 0.261 e. The van der Waals surface area contributed by atoms with Crippen LogP contribution in [0.1, 0.15) is 42.4 Å². The zero-order valence-electron chi connectivity index (χ0n) is 20.7. The van der Waals surface area contributed by atoms with Crippen molar-refractivity contribution in [1.82, 2.24) is 10.2 Å². The van der Waals surface area contributed by atoms with E-state index in [9.17, 15) is 14.0 Å². The lowest BCUT2D eigenvalue weighted by Crippen LogP contribution is -2.53. The molecule has 1 N–H and O–H groups in total. The Bertz CT molecular complexity index is 1160. The highest BCUT2D eigenvalue weighted by Crippen LogP contribution is 2.21. The van der Waals surface area contributed by atoms with E-state index in [-0.39, 0.29) is 36.8 Å². The van der Waals surface area contributed by atoms with Gasteiger partial charge in [-0.05, 0) is 48.6 Å². The minimum atomic E-state index is -0.732. The fourth-order valence-electron chi connectivity index (χ4n) is 4.68. The number of carbonyl (C=O) groups excluding carboxylic acids is 2. The monoisotopic (exact) mass is 488 g/mol. The van der Waals surface area contributed by atoms with Crippen molar-refractivity contribution in [3.63, 3.8) is 0 Å². The molecule has 5 nitrogen and oxygen atoms in total.